The van der Waals surface area contributed by atoms with E-state index in [9.17, 15) is 4.79 Å². The average molecular weight is 365 g/mol. The van der Waals surface area contributed by atoms with E-state index in [-0.39, 0.29) is 19.2 Å². The van der Waals surface area contributed by atoms with Gasteiger partial charge in [0.2, 0.25) is 6.79 Å². The Labute approximate surface area is 156 Å². The van der Waals surface area contributed by atoms with Gasteiger partial charge in [-0.25, -0.2) is 0 Å². The molecule has 7 nitrogen and oxygen atoms in total. The van der Waals surface area contributed by atoms with Crippen molar-refractivity contribution in [2.75, 3.05) is 25.8 Å². The molecule has 0 fully saturated rings. The molecule has 0 atom stereocenters. The van der Waals surface area contributed by atoms with Crippen molar-refractivity contribution in [3.05, 3.63) is 59.8 Å². The number of fused-ring (bicyclic) bond motifs is 1. The molecule has 1 aliphatic rings. The van der Waals surface area contributed by atoms with Crippen molar-refractivity contribution < 1.29 is 18.8 Å². The second-order valence-corrected chi connectivity index (χ2v) is 6.38. The molecule has 0 saturated heterocycles. The third-order valence-electron chi connectivity index (χ3n) is 4.27. The number of nitrogens with zero attached hydrogens (tertiary/aromatic N) is 2. The molecule has 27 heavy (non-hydrogen) atoms. The van der Waals surface area contributed by atoms with E-state index in [1.165, 1.54) is 0 Å². The third-order valence-corrected chi connectivity index (χ3v) is 4.27. The molecule has 4 rings (SSSR count). The molecule has 0 unspecified atom stereocenters. The molecule has 0 aliphatic carbocycles. The normalized spacial score (nSPS) is 12.1. The Bertz CT molecular complexity index is 981. The SMILES string of the molecule is CN(C)c1cccc(C(=O)NCc2cc(-c3ccc4c(c3)OCO4)on2)c1. The van der Waals surface area contributed by atoms with Crippen LogP contribution in [0.25, 0.3) is 11.3 Å². The van der Waals surface area contributed by atoms with Gasteiger partial charge in [-0.2, -0.15) is 0 Å². The molecule has 0 saturated carbocycles. The van der Waals surface area contributed by atoms with E-state index in [1.807, 2.05) is 55.4 Å². The maximum Gasteiger partial charge on any atom is 0.251 e. The van der Waals surface area contributed by atoms with Crippen LogP contribution in [0.2, 0.25) is 0 Å². The lowest BCUT2D eigenvalue weighted by molar-refractivity contribution is 0.0950. The first-order valence-electron chi connectivity index (χ1n) is 8.51. The molecule has 3 aromatic rings. The summed E-state index contributed by atoms with van der Waals surface area (Å²) in [5.74, 6) is 1.84. The van der Waals surface area contributed by atoms with Crippen molar-refractivity contribution >= 4 is 11.6 Å². The lowest BCUT2D eigenvalue weighted by Gasteiger charge is -2.13. The van der Waals surface area contributed by atoms with E-state index in [0.29, 0.717) is 28.5 Å². The summed E-state index contributed by atoms with van der Waals surface area (Å²) >= 11 is 0. The maximum absolute atomic E-state index is 12.4. The van der Waals surface area contributed by atoms with Gasteiger partial charge in [0.15, 0.2) is 17.3 Å². The zero-order chi connectivity index (χ0) is 18.8. The van der Waals surface area contributed by atoms with Crippen LogP contribution in [0, 0.1) is 0 Å². The van der Waals surface area contributed by atoms with Gasteiger partial charge in [0.1, 0.15) is 5.69 Å². The minimum absolute atomic E-state index is 0.161. The predicted molar refractivity (Wildman–Crippen MR) is 100 cm³/mol. The average Bonchev–Trinajstić information content (AvgIpc) is 3.34. The fourth-order valence-corrected chi connectivity index (χ4v) is 2.78. The zero-order valence-corrected chi connectivity index (χ0v) is 15.1. The van der Waals surface area contributed by atoms with Crippen LogP contribution in [0.1, 0.15) is 16.1 Å². The molecule has 0 bridgehead atoms. The lowest BCUT2D eigenvalue weighted by Crippen LogP contribution is -2.23. The van der Waals surface area contributed by atoms with Crippen molar-refractivity contribution in [2.45, 2.75) is 6.54 Å². The van der Waals surface area contributed by atoms with Crippen molar-refractivity contribution in [1.82, 2.24) is 10.5 Å². The molecule has 0 spiro atoms. The first-order chi connectivity index (χ1) is 13.1. The number of carbonyl (C=O) groups excluding carboxylic acids is 1. The van der Waals surface area contributed by atoms with Crippen LogP contribution in [0.5, 0.6) is 11.5 Å². The second-order valence-electron chi connectivity index (χ2n) is 6.38. The lowest BCUT2D eigenvalue weighted by atomic mass is 10.1. The number of benzene rings is 2. The third kappa shape index (κ3) is 3.57. The number of hydrogen-bond acceptors (Lipinski definition) is 6. The van der Waals surface area contributed by atoms with Gasteiger partial charge >= 0.3 is 0 Å². The van der Waals surface area contributed by atoms with Crippen molar-refractivity contribution in [1.29, 1.82) is 0 Å². The van der Waals surface area contributed by atoms with Gasteiger partial charge in [-0.05, 0) is 36.4 Å². The Morgan fingerprint density at radius 1 is 1.11 bits per heavy atom. The summed E-state index contributed by atoms with van der Waals surface area (Å²) in [7, 11) is 3.87. The fourth-order valence-electron chi connectivity index (χ4n) is 2.78. The first kappa shape index (κ1) is 17.0. The number of ether oxygens (including phenoxy) is 2. The van der Waals surface area contributed by atoms with Crippen LogP contribution < -0.4 is 19.7 Å². The van der Waals surface area contributed by atoms with Crippen molar-refractivity contribution in [3.8, 4) is 22.8 Å². The highest BCUT2D eigenvalue weighted by molar-refractivity contribution is 5.95. The number of nitrogens with one attached hydrogen (secondary N) is 1. The van der Waals surface area contributed by atoms with Crippen molar-refractivity contribution in [3.63, 3.8) is 0 Å². The molecule has 1 aromatic heterocycles. The van der Waals surface area contributed by atoms with Crippen LogP contribution in [0.3, 0.4) is 0 Å². The Balaban J connectivity index is 1.42. The van der Waals surface area contributed by atoms with E-state index < -0.39 is 0 Å². The van der Waals surface area contributed by atoms with E-state index >= 15 is 0 Å². The summed E-state index contributed by atoms with van der Waals surface area (Å²) in [6.45, 7) is 0.501. The molecule has 1 N–H and O–H groups in total. The zero-order valence-electron chi connectivity index (χ0n) is 15.1. The van der Waals surface area contributed by atoms with E-state index in [0.717, 1.165) is 11.3 Å². The molecule has 1 aliphatic heterocycles. The van der Waals surface area contributed by atoms with Gasteiger partial charge in [0, 0.05) is 37.0 Å². The van der Waals surface area contributed by atoms with Gasteiger partial charge in [-0.15, -0.1) is 0 Å². The summed E-state index contributed by atoms with van der Waals surface area (Å²) in [5, 5.41) is 6.89. The summed E-state index contributed by atoms with van der Waals surface area (Å²) in [6.07, 6.45) is 0. The molecule has 2 heterocycles. The first-order valence-corrected chi connectivity index (χ1v) is 8.51. The predicted octanol–water partition coefficient (Wildman–Crippen LogP) is 3.07. The maximum atomic E-state index is 12.4. The Morgan fingerprint density at radius 2 is 1.96 bits per heavy atom. The standard InChI is InChI=1S/C20H19N3O4/c1-23(2)16-5-3-4-14(8-16)20(24)21-11-15-10-18(27-22-15)13-6-7-17-19(9-13)26-12-25-17/h3-10H,11-12H2,1-2H3,(H,21,24). The Hall–Kier alpha value is -3.48. The van der Waals surface area contributed by atoms with E-state index in [1.54, 1.807) is 12.1 Å². The highest BCUT2D eigenvalue weighted by atomic mass is 16.7. The molecule has 7 heteroatoms. The highest BCUT2D eigenvalue weighted by Crippen LogP contribution is 2.36. The van der Waals surface area contributed by atoms with Crippen molar-refractivity contribution in [2.24, 2.45) is 0 Å². The van der Waals surface area contributed by atoms with E-state index in [2.05, 4.69) is 10.5 Å². The minimum Gasteiger partial charge on any atom is -0.454 e. The van der Waals surface area contributed by atoms with Gasteiger partial charge in [0.25, 0.3) is 5.91 Å². The molecule has 1 amide bonds. The quantitative estimate of drug-likeness (QED) is 0.749. The fraction of sp³-hybridized carbons (Fsp3) is 0.200. The summed E-state index contributed by atoms with van der Waals surface area (Å²) in [5.41, 5.74) is 3.04. The van der Waals surface area contributed by atoms with Gasteiger partial charge in [0.05, 0.1) is 6.54 Å². The van der Waals surface area contributed by atoms with Crippen LogP contribution in [0.15, 0.2) is 53.1 Å². The molecule has 0 radical (unpaired) electrons. The molecular formula is C20H19N3O4. The number of aromatic nitrogens is 1. The molecule has 138 valence electrons. The van der Waals surface area contributed by atoms with Gasteiger partial charge < -0.3 is 24.2 Å². The monoisotopic (exact) mass is 365 g/mol. The summed E-state index contributed by atoms with van der Waals surface area (Å²) in [6, 6.07) is 14.8. The van der Waals surface area contributed by atoms with Gasteiger partial charge in [-0.1, -0.05) is 11.2 Å². The van der Waals surface area contributed by atoms with Crippen LogP contribution in [-0.4, -0.2) is 32.0 Å². The smallest absolute Gasteiger partial charge is 0.251 e. The number of amides is 1. The number of anilines is 1. The largest absolute Gasteiger partial charge is 0.454 e. The second kappa shape index (κ2) is 7.03. The molecular weight excluding hydrogens is 346 g/mol. The summed E-state index contributed by atoms with van der Waals surface area (Å²) < 4.78 is 16.1. The van der Waals surface area contributed by atoms with Gasteiger partial charge in [-0.3, -0.25) is 4.79 Å². The summed E-state index contributed by atoms with van der Waals surface area (Å²) in [4.78, 5) is 14.3. The Kier molecular flexibility index (Phi) is 4.42. The van der Waals surface area contributed by atoms with E-state index in [4.69, 9.17) is 14.0 Å². The van der Waals surface area contributed by atoms with Crippen LogP contribution in [-0.2, 0) is 6.54 Å². The molecule has 2 aromatic carbocycles. The van der Waals surface area contributed by atoms with Crippen LogP contribution >= 0.6 is 0 Å². The topological polar surface area (TPSA) is 76.8 Å². The number of rotatable bonds is 5. The minimum atomic E-state index is -0.161. The number of carbonyl (C=O) groups is 1. The Morgan fingerprint density at radius 3 is 2.81 bits per heavy atom. The number of hydrogen-bond donors (Lipinski definition) is 1. The van der Waals surface area contributed by atoms with Crippen LogP contribution in [0.4, 0.5) is 5.69 Å². The highest BCUT2D eigenvalue weighted by Gasteiger charge is 2.16.